The van der Waals surface area contributed by atoms with Crippen LogP contribution in [0.5, 0.6) is 0 Å². The number of carbonyl (C=O) groups is 2. The Morgan fingerprint density at radius 1 is 1.28 bits per heavy atom. The molecule has 0 spiro atoms. The maximum absolute atomic E-state index is 13.3. The molecule has 2 aromatic rings. The summed E-state index contributed by atoms with van der Waals surface area (Å²) in [6.45, 7) is 2.29. The summed E-state index contributed by atoms with van der Waals surface area (Å²) in [6, 6.07) is 7.87. The molecule has 10 heteroatoms. The van der Waals surface area contributed by atoms with E-state index >= 15 is 0 Å². The number of nitrogens with one attached hydrogen (secondary N) is 4. The summed E-state index contributed by atoms with van der Waals surface area (Å²) in [7, 11) is 0. The highest BCUT2D eigenvalue weighted by Crippen LogP contribution is 2.31. The van der Waals surface area contributed by atoms with E-state index in [1.807, 2.05) is 11.9 Å². The lowest BCUT2D eigenvalue weighted by molar-refractivity contribution is -0.129. The fourth-order valence-corrected chi connectivity index (χ4v) is 3.82. The molecule has 3 heterocycles. The van der Waals surface area contributed by atoms with Gasteiger partial charge in [-0.05, 0) is 44.0 Å². The fourth-order valence-electron chi connectivity index (χ4n) is 3.82. The highest BCUT2D eigenvalue weighted by atomic mass is 19.1. The van der Waals surface area contributed by atoms with Crippen molar-refractivity contribution in [1.82, 2.24) is 25.8 Å². The fraction of sp³-hybridized carbons (Fsp3) is 0.421. The maximum atomic E-state index is 13.3. The van der Waals surface area contributed by atoms with Crippen LogP contribution in [0.2, 0.25) is 0 Å². The van der Waals surface area contributed by atoms with Crippen LogP contribution >= 0.6 is 0 Å². The van der Waals surface area contributed by atoms with Gasteiger partial charge < -0.3 is 10.6 Å². The quantitative estimate of drug-likeness (QED) is 0.607. The summed E-state index contributed by atoms with van der Waals surface area (Å²) in [5, 5.41) is 15.5. The second-order valence-electron chi connectivity index (χ2n) is 7.72. The van der Waals surface area contributed by atoms with E-state index < -0.39 is 6.29 Å². The molecule has 3 aliphatic rings. The van der Waals surface area contributed by atoms with Crippen LogP contribution in [-0.2, 0) is 9.59 Å². The molecule has 0 bridgehead atoms. The number of rotatable bonds is 4. The molecule has 2 amide bonds. The predicted molar refractivity (Wildman–Crippen MR) is 103 cm³/mol. The summed E-state index contributed by atoms with van der Waals surface area (Å²) in [6.07, 6.45) is 0.823. The van der Waals surface area contributed by atoms with E-state index in [0.29, 0.717) is 12.4 Å². The molecule has 3 unspecified atom stereocenters. The minimum Gasteiger partial charge on any atom is -0.321 e. The van der Waals surface area contributed by atoms with Crippen molar-refractivity contribution in [3.8, 4) is 0 Å². The van der Waals surface area contributed by atoms with Crippen molar-refractivity contribution in [2.45, 2.75) is 32.2 Å². The summed E-state index contributed by atoms with van der Waals surface area (Å²) in [5.41, 5.74) is 4.68. The standard InChI is InChI=1S/C19H22FN7O2/c1-10-8-15(22-17(28)11-2-3-11)27(25-10)19-23-16-14(18(29)24-19)9-21-26(16)13-6-4-12(20)5-7-13/h4-8,11,14,16,19,21,23H,2-3,9H2,1H3,(H,22,28)(H,24,29). The van der Waals surface area contributed by atoms with E-state index in [1.54, 1.807) is 22.9 Å². The van der Waals surface area contributed by atoms with Crippen LogP contribution in [0.1, 0.15) is 24.8 Å². The van der Waals surface area contributed by atoms with Crippen LogP contribution in [0.3, 0.4) is 0 Å². The van der Waals surface area contributed by atoms with Crippen LogP contribution in [0, 0.1) is 24.6 Å². The molecule has 2 saturated heterocycles. The first-order chi connectivity index (χ1) is 14.0. The molecule has 1 aromatic heterocycles. The Morgan fingerprint density at radius 3 is 2.76 bits per heavy atom. The van der Waals surface area contributed by atoms with Crippen molar-refractivity contribution in [1.29, 1.82) is 0 Å². The van der Waals surface area contributed by atoms with Crippen molar-refractivity contribution in [3.05, 3.63) is 41.8 Å². The molecule has 1 aromatic carbocycles. The van der Waals surface area contributed by atoms with E-state index in [1.165, 1.54) is 12.1 Å². The molecule has 0 radical (unpaired) electrons. The number of hydrogen-bond donors (Lipinski definition) is 4. The lowest BCUT2D eigenvalue weighted by atomic mass is 10.0. The molecule has 1 aliphatic carbocycles. The Kier molecular flexibility index (Phi) is 4.25. The lowest BCUT2D eigenvalue weighted by Crippen LogP contribution is -2.61. The Hall–Kier alpha value is -2.98. The molecule has 9 nitrogen and oxygen atoms in total. The summed E-state index contributed by atoms with van der Waals surface area (Å²) >= 11 is 0. The third-order valence-electron chi connectivity index (χ3n) is 5.49. The molecule has 3 atom stereocenters. The van der Waals surface area contributed by atoms with Crippen LogP contribution in [0.4, 0.5) is 15.9 Å². The van der Waals surface area contributed by atoms with Gasteiger partial charge in [-0.25, -0.2) is 14.5 Å². The van der Waals surface area contributed by atoms with Gasteiger partial charge in [0.25, 0.3) is 0 Å². The minimum atomic E-state index is -0.630. The van der Waals surface area contributed by atoms with Crippen LogP contribution in [0.15, 0.2) is 30.3 Å². The Bertz CT molecular complexity index is 956. The molecule has 5 rings (SSSR count). The van der Waals surface area contributed by atoms with Gasteiger partial charge in [-0.1, -0.05) is 0 Å². The Morgan fingerprint density at radius 2 is 2.03 bits per heavy atom. The molecule has 2 aliphatic heterocycles. The first-order valence-electron chi connectivity index (χ1n) is 9.71. The average Bonchev–Trinajstić information content (AvgIpc) is 3.36. The number of nitrogens with zero attached hydrogens (tertiary/aromatic N) is 3. The molecule has 1 saturated carbocycles. The number of halogens is 1. The van der Waals surface area contributed by atoms with E-state index in [4.69, 9.17) is 0 Å². The van der Waals surface area contributed by atoms with Crippen molar-refractivity contribution in [3.63, 3.8) is 0 Å². The van der Waals surface area contributed by atoms with Gasteiger partial charge in [-0.3, -0.25) is 19.9 Å². The van der Waals surface area contributed by atoms with E-state index in [0.717, 1.165) is 24.2 Å². The molecule has 29 heavy (non-hydrogen) atoms. The van der Waals surface area contributed by atoms with Gasteiger partial charge in [-0.2, -0.15) is 5.10 Å². The second kappa shape index (κ2) is 6.82. The Balaban J connectivity index is 1.40. The molecular weight excluding hydrogens is 377 g/mol. The number of aromatic nitrogens is 2. The SMILES string of the molecule is Cc1cc(NC(=O)C2CC2)n(C2NC(=O)C3CNN(c4ccc(F)cc4)C3N2)n1. The first-order valence-corrected chi connectivity index (χ1v) is 9.71. The number of amides is 2. The van der Waals surface area contributed by atoms with Crippen molar-refractivity contribution in [2.24, 2.45) is 11.8 Å². The number of anilines is 2. The van der Waals surface area contributed by atoms with Crippen LogP contribution in [0.25, 0.3) is 0 Å². The van der Waals surface area contributed by atoms with Crippen LogP contribution < -0.4 is 26.4 Å². The highest BCUT2D eigenvalue weighted by Gasteiger charge is 2.45. The average molecular weight is 399 g/mol. The van der Waals surface area contributed by atoms with E-state index in [-0.39, 0.29) is 35.6 Å². The molecule has 3 fully saturated rings. The Labute approximate surface area is 166 Å². The first kappa shape index (κ1) is 18.1. The zero-order valence-electron chi connectivity index (χ0n) is 15.9. The monoisotopic (exact) mass is 399 g/mol. The number of hydrazine groups is 1. The predicted octanol–water partition coefficient (Wildman–Crippen LogP) is 0.822. The van der Waals surface area contributed by atoms with E-state index in [9.17, 15) is 14.0 Å². The van der Waals surface area contributed by atoms with Gasteiger partial charge in [-0.15, -0.1) is 0 Å². The number of carbonyl (C=O) groups excluding carboxylic acids is 2. The maximum Gasteiger partial charge on any atom is 0.230 e. The molecule has 4 N–H and O–H groups in total. The molecular formula is C19H22FN7O2. The van der Waals surface area contributed by atoms with Crippen molar-refractivity contribution >= 4 is 23.3 Å². The topological polar surface area (TPSA) is 103 Å². The van der Waals surface area contributed by atoms with Gasteiger partial charge in [0.1, 0.15) is 17.8 Å². The molecule has 152 valence electrons. The number of aryl methyl sites for hydroxylation is 1. The van der Waals surface area contributed by atoms with Gasteiger partial charge in [0.2, 0.25) is 11.8 Å². The zero-order chi connectivity index (χ0) is 20.1. The van der Waals surface area contributed by atoms with Crippen molar-refractivity contribution in [2.75, 3.05) is 16.9 Å². The summed E-state index contributed by atoms with van der Waals surface area (Å²) < 4.78 is 14.9. The zero-order valence-corrected chi connectivity index (χ0v) is 15.9. The van der Waals surface area contributed by atoms with Gasteiger partial charge in [0.15, 0.2) is 6.29 Å². The summed E-state index contributed by atoms with van der Waals surface area (Å²) in [4.78, 5) is 25.0. The third-order valence-corrected chi connectivity index (χ3v) is 5.49. The minimum absolute atomic E-state index is 0.0263. The van der Waals surface area contributed by atoms with Gasteiger partial charge >= 0.3 is 0 Å². The smallest absolute Gasteiger partial charge is 0.230 e. The van der Waals surface area contributed by atoms with Gasteiger partial charge in [0.05, 0.1) is 17.3 Å². The lowest BCUT2D eigenvalue weighted by Gasteiger charge is -2.37. The van der Waals surface area contributed by atoms with Crippen LogP contribution in [-0.4, -0.2) is 34.3 Å². The number of benzene rings is 1. The van der Waals surface area contributed by atoms with E-state index in [2.05, 4.69) is 26.5 Å². The normalized spacial score (nSPS) is 26.2. The summed E-state index contributed by atoms with van der Waals surface area (Å²) in [5.74, 6) is -0.192. The number of fused-ring (bicyclic) bond motifs is 1. The highest BCUT2D eigenvalue weighted by molar-refractivity contribution is 5.93. The van der Waals surface area contributed by atoms with Gasteiger partial charge in [0, 0.05) is 18.5 Å². The van der Waals surface area contributed by atoms with Crippen molar-refractivity contribution < 1.29 is 14.0 Å². The second-order valence-corrected chi connectivity index (χ2v) is 7.72. The largest absolute Gasteiger partial charge is 0.321 e. The number of hydrogen-bond acceptors (Lipinski definition) is 6. The third kappa shape index (κ3) is 3.34.